The van der Waals surface area contributed by atoms with Gasteiger partial charge in [0.15, 0.2) is 5.11 Å². The molecule has 0 aliphatic carbocycles. The van der Waals surface area contributed by atoms with Gasteiger partial charge < -0.3 is 20.3 Å². The molecule has 1 aliphatic heterocycles. The van der Waals surface area contributed by atoms with Crippen LogP contribution in [0.2, 0.25) is 0 Å². The number of hydrogen-bond donors (Lipinski definition) is 3. The number of thiocarbonyl (C=S) groups is 1. The molecule has 0 saturated carbocycles. The van der Waals surface area contributed by atoms with Crippen molar-refractivity contribution in [1.29, 1.82) is 0 Å². The lowest BCUT2D eigenvalue weighted by Gasteiger charge is -2.37. The van der Waals surface area contributed by atoms with E-state index in [0.29, 0.717) is 11.7 Å². The summed E-state index contributed by atoms with van der Waals surface area (Å²) in [4.78, 5) is 1.53. The topological polar surface area (TPSA) is 37.7 Å². The Morgan fingerprint density at radius 1 is 1.23 bits per heavy atom. The van der Waals surface area contributed by atoms with Crippen LogP contribution in [0.3, 0.4) is 0 Å². The molecule has 6 heteroatoms. The molecule has 0 spiro atoms. The molecule has 1 aromatic rings. The highest BCUT2D eigenvalue weighted by Gasteiger charge is 2.32. The molecule has 22 heavy (non-hydrogen) atoms. The van der Waals surface area contributed by atoms with Crippen LogP contribution in [0.15, 0.2) is 24.3 Å². The number of hydrogen-bond acceptors (Lipinski definition) is 2. The zero-order valence-corrected chi connectivity index (χ0v) is 14.1. The van der Waals surface area contributed by atoms with Crippen LogP contribution < -0.4 is 15.5 Å². The van der Waals surface area contributed by atoms with Gasteiger partial charge in [0.25, 0.3) is 0 Å². The van der Waals surface area contributed by atoms with Crippen molar-refractivity contribution in [1.82, 2.24) is 10.6 Å². The van der Waals surface area contributed by atoms with Crippen LogP contribution in [0.4, 0.5) is 4.39 Å². The summed E-state index contributed by atoms with van der Waals surface area (Å²) in [5.41, 5.74) is 1.11. The molecule has 0 unspecified atom stereocenters. The Morgan fingerprint density at radius 2 is 1.86 bits per heavy atom. The molecule has 4 nitrogen and oxygen atoms in total. The number of morpholine rings is 1. The Kier molecular flexibility index (Phi) is 6.11. The zero-order valence-electron chi connectivity index (χ0n) is 13.2. The molecule has 0 bridgehead atoms. The SMILES string of the molecule is CC(C)(CNC(=S)NCc1ccc(F)cc1)[NH+]1CCOCC1. The number of nitrogens with one attached hydrogen (secondary N) is 3. The first kappa shape index (κ1) is 17.1. The van der Waals surface area contributed by atoms with Crippen molar-refractivity contribution >= 4 is 17.3 Å². The predicted molar refractivity (Wildman–Crippen MR) is 89.4 cm³/mol. The molecule has 1 aromatic carbocycles. The van der Waals surface area contributed by atoms with Crippen LogP contribution >= 0.6 is 12.2 Å². The summed E-state index contributed by atoms with van der Waals surface area (Å²) in [6.07, 6.45) is 0. The highest BCUT2D eigenvalue weighted by molar-refractivity contribution is 7.80. The molecule has 1 aliphatic rings. The molecule has 0 amide bonds. The van der Waals surface area contributed by atoms with Crippen LogP contribution in [0.1, 0.15) is 19.4 Å². The first-order valence-corrected chi connectivity index (χ1v) is 8.07. The van der Waals surface area contributed by atoms with E-state index in [4.69, 9.17) is 17.0 Å². The average Bonchev–Trinajstić information content (AvgIpc) is 2.53. The van der Waals surface area contributed by atoms with Crippen molar-refractivity contribution in [3.05, 3.63) is 35.6 Å². The van der Waals surface area contributed by atoms with Crippen molar-refractivity contribution in [2.24, 2.45) is 0 Å². The molecule has 1 fully saturated rings. The van der Waals surface area contributed by atoms with Gasteiger partial charge in [0.05, 0.1) is 19.8 Å². The van der Waals surface area contributed by atoms with E-state index in [2.05, 4.69) is 24.5 Å². The highest BCUT2D eigenvalue weighted by Crippen LogP contribution is 2.02. The second-order valence-electron chi connectivity index (χ2n) is 6.26. The third-order valence-electron chi connectivity index (χ3n) is 4.11. The first-order chi connectivity index (χ1) is 10.5. The lowest BCUT2D eigenvalue weighted by atomic mass is 10.0. The van der Waals surface area contributed by atoms with Gasteiger partial charge in [-0.3, -0.25) is 0 Å². The number of rotatable bonds is 5. The summed E-state index contributed by atoms with van der Waals surface area (Å²) < 4.78 is 18.3. The molecule has 2 rings (SSSR count). The minimum Gasteiger partial charge on any atom is -0.370 e. The largest absolute Gasteiger partial charge is 0.370 e. The van der Waals surface area contributed by atoms with Gasteiger partial charge in [0.2, 0.25) is 0 Å². The fourth-order valence-electron chi connectivity index (χ4n) is 2.57. The average molecular weight is 326 g/mol. The maximum absolute atomic E-state index is 12.8. The Morgan fingerprint density at radius 3 is 2.50 bits per heavy atom. The zero-order chi connectivity index (χ0) is 16.0. The van der Waals surface area contributed by atoms with Crippen molar-refractivity contribution in [3.8, 4) is 0 Å². The van der Waals surface area contributed by atoms with Crippen molar-refractivity contribution in [3.63, 3.8) is 0 Å². The van der Waals surface area contributed by atoms with Gasteiger partial charge in [-0.1, -0.05) is 12.1 Å². The summed E-state index contributed by atoms with van der Waals surface area (Å²) in [6.45, 7) is 9.59. The quantitative estimate of drug-likeness (QED) is 0.689. The van der Waals surface area contributed by atoms with Gasteiger partial charge in [-0.05, 0) is 43.8 Å². The number of halogens is 1. The molecular weight excluding hydrogens is 301 g/mol. The fourth-order valence-corrected chi connectivity index (χ4v) is 2.71. The lowest BCUT2D eigenvalue weighted by molar-refractivity contribution is -0.954. The van der Waals surface area contributed by atoms with E-state index >= 15 is 0 Å². The fraction of sp³-hybridized carbons (Fsp3) is 0.562. The molecule has 1 heterocycles. The van der Waals surface area contributed by atoms with Gasteiger partial charge in [-0.2, -0.15) is 0 Å². The second kappa shape index (κ2) is 7.85. The van der Waals surface area contributed by atoms with Crippen molar-refractivity contribution in [2.45, 2.75) is 25.9 Å². The third-order valence-corrected chi connectivity index (χ3v) is 4.40. The van der Waals surface area contributed by atoms with Gasteiger partial charge in [-0.15, -0.1) is 0 Å². The monoisotopic (exact) mass is 326 g/mol. The summed E-state index contributed by atoms with van der Waals surface area (Å²) in [5.74, 6) is -0.223. The van der Waals surface area contributed by atoms with Crippen LogP contribution in [-0.4, -0.2) is 43.5 Å². The van der Waals surface area contributed by atoms with Gasteiger partial charge in [-0.25, -0.2) is 4.39 Å². The molecular formula is C16H25FN3OS+. The lowest BCUT2D eigenvalue weighted by Crippen LogP contribution is -3.22. The van der Waals surface area contributed by atoms with Crippen molar-refractivity contribution < 1.29 is 14.0 Å². The van der Waals surface area contributed by atoms with Crippen molar-refractivity contribution in [2.75, 3.05) is 32.8 Å². The van der Waals surface area contributed by atoms with Crippen LogP contribution in [0.25, 0.3) is 0 Å². The van der Waals surface area contributed by atoms with E-state index in [1.165, 1.54) is 17.0 Å². The predicted octanol–water partition coefficient (Wildman–Crippen LogP) is 0.484. The summed E-state index contributed by atoms with van der Waals surface area (Å²) in [5, 5.41) is 7.07. The molecule has 1 saturated heterocycles. The van der Waals surface area contributed by atoms with E-state index in [0.717, 1.165) is 38.4 Å². The molecule has 122 valence electrons. The van der Waals surface area contributed by atoms with Crippen LogP contribution in [0, 0.1) is 5.82 Å². The van der Waals surface area contributed by atoms with E-state index in [1.54, 1.807) is 12.1 Å². The molecule has 0 radical (unpaired) electrons. The molecule has 0 aromatic heterocycles. The normalized spacial score (nSPS) is 16.3. The van der Waals surface area contributed by atoms with E-state index in [1.807, 2.05) is 0 Å². The van der Waals surface area contributed by atoms with Gasteiger partial charge in [0, 0.05) is 6.54 Å². The summed E-state index contributed by atoms with van der Waals surface area (Å²) in [7, 11) is 0. The Balaban J connectivity index is 1.73. The smallest absolute Gasteiger partial charge is 0.166 e. The standard InChI is InChI=1S/C16H24FN3OS/c1-16(2,20-7-9-21-10-8-20)12-19-15(22)18-11-13-3-5-14(17)6-4-13/h3-6H,7-12H2,1-2H3,(H2,18,19,22)/p+1. The van der Waals surface area contributed by atoms with Gasteiger partial charge >= 0.3 is 0 Å². The van der Waals surface area contributed by atoms with E-state index in [9.17, 15) is 4.39 Å². The molecule has 0 atom stereocenters. The molecule has 3 N–H and O–H groups in total. The van der Waals surface area contributed by atoms with Crippen LogP contribution in [-0.2, 0) is 11.3 Å². The van der Waals surface area contributed by atoms with Crippen LogP contribution in [0.5, 0.6) is 0 Å². The van der Waals surface area contributed by atoms with E-state index < -0.39 is 0 Å². The summed E-state index contributed by atoms with van der Waals surface area (Å²) in [6, 6.07) is 6.43. The highest BCUT2D eigenvalue weighted by atomic mass is 32.1. The Bertz CT molecular complexity index is 487. The maximum Gasteiger partial charge on any atom is 0.166 e. The second-order valence-corrected chi connectivity index (χ2v) is 6.67. The summed E-state index contributed by atoms with van der Waals surface area (Å²) >= 11 is 5.32. The minimum absolute atomic E-state index is 0.103. The third kappa shape index (κ3) is 5.19. The Hall–Kier alpha value is -1.24. The number of ether oxygens (including phenoxy) is 1. The van der Waals surface area contributed by atoms with Gasteiger partial charge in [0.1, 0.15) is 24.4 Å². The Labute approximate surface area is 137 Å². The minimum atomic E-state index is -0.223. The van der Waals surface area contributed by atoms with E-state index in [-0.39, 0.29) is 11.4 Å². The number of quaternary nitrogens is 1. The maximum atomic E-state index is 12.8. The number of benzene rings is 1. The first-order valence-electron chi connectivity index (χ1n) is 7.66.